The minimum atomic E-state index is -1.49. The van der Waals surface area contributed by atoms with Gasteiger partial charge in [0.15, 0.2) is 45.0 Å². The van der Waals surface area contributed by atoms with Crippen molar-refractivity contribution in [2.75, 3.05) is 75.8 Å². The van der Waals surface area contributed by atoms with Crippen molar-refractivity contribution in [3.05, 3.63) is 72.4 Å². The van der Waals surface area contributed by atoms with Crippen LogP contribution in [0.2, 0.25) is 0 Å². The van der Waals surface area contributed by atoms with E-state index in [4.69, 9.17) is 105 Å². The lowest BCUT2D eigenvalue weighted by Crippen LogP contribution is -2.48. The number of unbranched alkanes of at least 4 members (excludes halogenated alkanes) is 1. The molecule has 0 amide bonds. The molecule has 780 valence electrons. The summed E-state index contributed by atoms with van der Waals surface area (Å²) in [6, 6.07) is 6.99. The Balaban J connectivity index is 0.000000114. The lowest BCUT2D eigenvalue weighted by atomic mass is 9.48. The number of aliphatic hydroxyl groups excluding tert-OH is 4. The number of carbonyl (C=O) groups excluding carboxylic acids is 4. The molecule has 16 aliphatic carbocycles. The molecule has 28 rings (SSSR count). The first-order chi connectivity index (χ1) is 70.1. The zero-order valence-electron chi connectivity index (χ0n) is 84.2. The summed E-state index contributed by atoms with van der Waals surface area (Å²) in [7, 11) is 0. The number of hydrogen-bond donors (Lipinski definition) is 8. The van der Waals surface area contributed by atoms with E-state index in [1.54, 1.807) is 67.8 Å². The summed E-state index contributed by atoms with van der Waals surface area (Å²) in [4.78, 5) is 85.0. The Hall–Kier alpha value is -11.3. The smallest absolute Gasteiger partial charge is 0.434 e. The zero-order chi connectivity index (χ0) is 102. The van der Waals surface area contributed by atoms with E-state index in [9.17, 15) is 39.6 Å². The largest absolute Gasteiger partial charge is 0.508 e. The highest BCUT2D eigenvalue weighted by Crippen LogP contribution is 2.66. The summed E-state index contributed by atoms with van der Waals surface area (Å²) in [5.41, 5.74) is 29.1. The maximum atomic E-state index is 12.5. The first-order valence-corrected chi connectivity index (χ1v) is 53.0. The van der Waals surface area contributed by atoms with Crippen molar-refractivity contribution in [3.8, 4) is 49.4 Å². The minimum absolute atomic E-state index is 0.0987. The van der Waals surface area contributed by atoms with Gasteiger partial charge in [0, 0.05) is 53.9 Å². The number of anilines is 4. The number of carbonyl (C=O) groups is 4. The van der Waals surface area contributed by atoms with E-state index >= 15 is 0 Å². The molecule has 8 aromatic rings. The molecule has 8 aromatic heterocycles. The van der Waals surface area contributed by atoms with E-state index in [0.29, 0.717) is 110 Å². The van der Waals surface area contributed by atoms with Crippen LogP contribution in [0.4, 0.5) is 41.9 Å². The van der Waals surface area contributed by atoms with Gasteiger partial charge < -0.3 is 100 Å². The molecule has 16 saturated carbocycles. The first-order valence-electron chi connectivity index (χ1n) is 53.0. The van der Waals surface area contributed by atoms with E-state index in [0.717, 1.165) is 145 Å². The molecule has 16 bridgehead atoms. The van der Waals surface area contributed by atoms with E-state index in [1.807, 2.05) is 27.7 Å². The van der Waals surface area contributed by atoms with Crippen LogP contribution in [0.3, 0.4) is 0 Å². The number of nitrogen functional groups attached to an aromatic ring is 4. The molecule has 36 heteroatoms. The number of aryl methyl sites for hydroxylation is 4. The quantitative estimate of drug-likeness (QED) is 0.0108. The average Bonchev–Trinajstić information content (AvgIpc) is 1.61. The van der Waals surface area contributed by atoms with Crippen LogP contribution in [0, 0.1) is 170 Å². The van der Waals surface area contributed by atoms with Gasteiger partial charge in [-0.25, -0.2) is 59.0 Å². The molecular formula is C110H140N16O20. The molecule has 20 fully saturated rings. The Morgan fingerprint density at radius 2 is 0.534 bits per heavy atom. The number of imidazole rings is 4. The molecule has 12 heterocycles. The minimum Gasteiger partial charge on any atom is -0.434 e. The molecule has 0 radical (unpaired) electrons. The van der Waals surface area contributed by atoms with Crippen molar-refractivity contribution in [1.29, 1.82) is 0 Å². The molecule has 0 aromatic carbocycles. The van der Waals surface area contributed by atoms with Gasteiger partial charge in [0.1, 0.15) is 104 Å². The molecule has 12 N–H and O–H groups in total. The van der Waals surface area contributed by atoms with Crippen molar-refractivity contribution in [1.82, 2.24) is 58.1 Å². The van der Waals surface area contributed by atoms with Gasteiger partial charge in [-0.05, 0) is 332 Å². The zero-order valence-corrected chi connectivity index (χ0v) is 84.2. The Morgan fingerprint density at radius 3 is 0.795 bits per heavy atom. The normalized spacial score (nSPS) is 36.4. The van der Waals surface area contributed by atoms with Crippen molar-refractivity contribution < 1.29 is 96.4 Å². The number of rotatable bonds is 26. The van der Waals surface area contributed by atoms with Crippen molar-refractivity contribution in [2.45, 2.75) is 318 Å². The number of aromatic nitrogens is 12. The van der Waals surface area contributed by atoms with Crippen LogP contribution in [0.15, 0.2) is 49.6 Å². The van der Waals surface area contributed by atoms with Gasteiger partial charge in [0.2, 0.25) is 0 Å². The monoisotopic (exact) mass is 2010 g/mol. The second kappa shape index (κ2) is 40.0. The number of terminal acetylenes is 4. The van der Waals surface area contributed by atoms with Crippen molar-refractivity contribution in [2.24, 2.45) is 92.7 Å². The predicted octanol–water partition coefficient (Wildman–Crippen LogP) is 15.7. The predicted molar refractivity (Wildman–Crippen MR) is 535 cm³/mol. The highest BCUT2D eigenvalue weighted by molar-refractivity contribution is 5.87. The lowest BCUT2D eigenvalue weighted by molar-refractivity contribution is -0.111. The fourth-order valence-corrected chi connectivity index (χ4v) is 31.4. The van der Waals surface area contributed by atoms with Gasteiger partial charge in [-0.1, -0.05) is 23.7 Å². The van der Waals surface area contributed by atoms with Crippen LogP contribution in [-0.2, 0) is 56.8 Å². The lowest BCUT2D eigenvalue weighted by Gasteiger charge is -2.57. The molecule has 0 unspecified atom stereocenters. The summed E-state index contributed by atoms with van der Waals surface area (Å²) in [6.07, 6.45) is 58.4. The number of hydrogen-bond acceptors (Lipinski definition) is 32. The Morgan fingerprint density at radius 1 is 0.315 bits per heavy atom. The van der Waals surface area contributed by atoms with Crippen molar-refractivity contribution in [3.63, 3.8) is 0 Å². The maximum absolute atomic E-state index is 12.5. The van der Waals surface area contributed by atoms with Crippen LogP contribution >= 0.6 is 0 Å². The van der Waals surface area contributed by atoms with Gasteiger partial charge >= 0.3 is 24.6 Å². The fourth-order valence-electron chi connectivity index (χ4n) is 31.4. The number of nitrogens with zero attached hydrogens (tertiary/aromatic N) is 12. The number of nitrogens with two attached hydrogens (primary N) is 4. The highest BCUT2D eigenvalue weighted by Gasteiger charge is 2.59. The number of ether oxygens (including phenoxy) is 12. The van der Waals surface area contributed by atoms with Gasteiger partial charge in [-0.3, -0.25) is 18.3 Å². The van der Waals surface area contributed by atoms with Crippen LogP contribution in [0.1, 0.15) is 266 Å². The molecule has 4 saturated heterocycles. The number of pyridine rings is 4. The molecular weight excluding hydrogens is 1870 g/mol. The van der Waals surface area contributed by atoms with Gasteiger partial charge in [-0.2, -0.15) is 0 Å². The van der Waals surface area contributed by atoms with Gasteiger partial charge in [0.25, 0.3) is 0 Å². The fraction of sp³-hybridized carbons (Fsp3) is 0.673. The summed E-state index contributed by atoms with van der Waals surface area (Å²) < 4.78 is 74.2. The van der Waals surface area contributed by atoms with Crippen LogP contribution in [0.25, 0.3) is 44.7 Å². The van der Waals surface area contributed by atoms with Gasteiger partial charge in [0.05, 0.1) is 67.9 Å². The standard InChI is InChI=1S/C29H38N4O5.C28H36N4O5.C27H34N4O5.C26H32N4O5/c1-3-29(23(34)12-24(38-29)33-17-31-25-22(30)8-18(2)32-26(25)33)16-37-27(35)36-7-5-4-6-28-13-19-9-20(14-28)11-21(10-19)15-28;1-3-28(22(33)11-23(37-28)32-16-30-24-21(29)7-17(2)31-25(24)32)15-36-26(34)35-6-4-5-27-12-18-8-19(13-27)10-20(9-18)14-27;1-3-27(21(32)10-22(36-27)31-15-29-23-20(28)6-16(2)30-24(23)31)14-35-25(33)34-5-4-26-11-17-7-18(12-26)9-19(8-17)13-26;1-3-26(13-34-24(32)33-12-25-9-16-5-17(10-25)7-18(6-16)11-25)20(31)8-21(35-26)30-14-28-22-19(27)4-15(2)29-23(22)30/h1,8,17,19-21,23-24,34H,4-7,9-16H2,2H3,(H2,30,32);1,7,16,18-20,22-23,33H,4-6,8-15H2,2H3,(H2,29,31);1,6,15,17-19,21-22,32H,4-5,7-14H2,2H3,(H2,28,30);1,4,14,16-18,20-21,31H,5-13H2,2H3,(H2,27,29)/t19?,20?,21?,23-,24+,28?,29+;18?,19?,20?,22-,23+,27?,28+;17?,18?,19?,21-,22+,26?,27+;16?,17?,18?,20-,21+,25?,26+/m0000/s1. The highest BCUT2D eigenvalue weighted by atomic mass is 16.8. The molecule has 4 aliphatic heterocycles. The molecule has 146 heavy (non-hydrogen) atoms. The summed E-state index contributed by atoms with van der Waals surface area (Å²) in [6.45, 7) is 7.49. The topological polar surface area (TPSA) is 487 Å². The van der Waals surface area contributed by atoms with E-state index in [-0.39, 0.29) is 57.5 Å². The van der Waals surface area contributed by atoms with Crippen LogP contribution < -0.4 is 22.9 Å². The number of aliphatic hydroxyl groups is 4. The third-order valence-electron chi connectivity index (χ3n) is 36.2. The van der Waals surface area contributed by atoms with E-state index in [1.165, 1.54) is 141 Å². The molecule has 20 aliphatic rings. The van der Waals surface area contributed by atoms with Crippen LogP contribution in [-0.4, -0.2) is 203 Å². The second-order valence-electron chi connectivity index (χ2n) is 47.1. The maximum Gasteiger partial charge on any atom is 0.508 e. The molecule has 12 atom stereocenters. The number of fused-ring (bicyclic) bond motifs is 4. The van der Waals surface area contributed by atoms with E-state index < -0.39 is 96.4 Å². The molecule has 36 nitrogen and oxygen atoms in total. The van der Waals surface area contributed by atoms with Crippen LogP contribution in [0.5, 0.6) is 0 Å². The summed E-state index contributed by atoms with van der Waals surface area (Å²) in [5.74, 6) is 20.5. The Bertz CT molecular complexity index is 6280. The first kappa shape index (κ1) is 101. The summed E-state index contributed by atoms with van der Waals surface area (Å²) in [5, 5.41) is 43.2. The van der Waals surface area contributed by atoms with Crippen molar-refractivity contribution >= 4 is 92.0 Å². The average molecular weight is 2010 g/mol. The Kier molecular flexibility index (Phi) is 27.5. The SMILES string of the molecule is C#C[C@]1(COC(=O)OCC23CC4CC(CC(C4)C2)C3)O[C@@H](n2cnc3c(N)cc(C)nc32)C[C@@H]1O.C#C[C@]1(COC(=O)OCCC23CC4CC(CC(C4)C2)C3)O[C@@H](n2cnc3c(N)cc(C)nc32)C[C@@H]1O.C#C[C@]1(COC(=O)OCCCC23CC4CC(CC(C4)C2)C3)O[C@@H](n2cnc3c(N)cc(C)nc32)C[C@@H]1O.C#C[C@]1(COC(=O)OCCCCC23CC4CC(CC(C4)C2)C3)O[C@@H](n2cnc3c(N)cc(C)nc32)C[C@@H]1O. The second-order valence-corrected chi connectivity index (χ2v) is 47.1. The third-order valence-corrected chi connectivity index (χ3v) is 36.2. The van der Waals surface area contributed by atoms with E-state index in [2.05, 4.69) is 63.6 Å². The third kappa shape index (κ3) is 20.1. The molecule has 0 spiro atoms. The van der Waals surface area contributed by atoms with Gasteiger partial charge in [-0.15, -0.1) is 25.7 Å². The Labute approximate surface area is 850 Å². The summed E-state index contributed by atoms with van der Waals surface area (Å²) >= 11 is 0.